The van der Waals surface area contributed by atoms with Gasteiger partial charge in [-0.1, -0.05) is 48.2 Å². The van der Waals surface area contributed by atoms with E-state index in [1.807, 2.05) is 59.5 Å². The zero-order valence-corrected chi connectivity index (χ0v) is 19.9. The molecule has 0 aliphatic carbocycles. The lowest BCUT2D eigenvalue weighted by atomic mass is 10.2. The van der Waals surface area contributed by atoms with Gasteiger partial charge in [0, 0.05) is 38.6 Å². The number of piperazine rings is 1. The Kier molecular flexibility index (Phi) is 7.09. The van der Waals surface area contributed by atoms with Crippen LogP contribution in [0.3, 0.4) is 0 Å². The molecule has 11 heteroatoms. The minimum absolute atomic E-state index is 0.0347. The molecule has 8 nitrogen and oxygen atoms in total. The molecule has 0 bridgehead atoms. The Morgan fingerprint density at radius 2 is 1.84 bits per heavy atom. The molecule has 1 fully saturated rings. The summed E-state index contributed by atoms with van der Waals surface area (Å²) in [7, 11) is -1.64. The number of carbonyl (C=O) groups excluding carboxylic acids is 1. The van der Waals surface area contributed by atoms with Gasteiger partial charge in [0.05, 0.1) is 10.6 Å². The maximum absolute atomic E-state index is 12.7. The standard InChI is InChI=1S/C21H23N5O3S3/c1-24-20(18-8-5-14-30-18)22-23-21(24)31-16-19(27)25-10-12-26(13-11-25)32(28,29)15-9-17-6-3-2-4-7-17/h2-9,14-15H,10-13,16H2,1H3/b15-9+. The van der Waals surface area contributed by atoms with Crippen LogP contribution in [0.15, 0.2) is 58.4 Å². The van der Waals surface area contributed by atoms with Crippen LogP contribution in [0.5, 0.6) is 0 Å². The van der Waals surface area contributed by atoms with Crippen LogP contribution in [-0.2, 0) is 21.9 Å². The van der Waals surface area contributed by atoms with Crippen molar-refractivity contribution in [2.24, 2.45) is 7.05 Å². The van der Waals surface area contributed by atoms with Crippen LogP contribution >= 0.6 is 23.1 Å². The van der Waals surface area contributed by atoms with Crippen molar-refractivity contribution in [1.82, 2.24) is 24.0 Å². The number of rotatable bonds is 7. The number of aromatic nitrogens is 3. The third-order valence-electron chi connectivity index (χ3n) is 5.08. The molecule has 0 spiro atoms. The molecule has 1 amide bonds. The highest BCUT2D eigenvalue weighted by Gasteiger charge is 2.27. The fraction of sp³-hybridized carbons (Fsp3) is 0.286. The second-order valence-corrected chi connectivity index (χ2v) is 10.9. The summed E-state index contributed by atoms with van der Waals surface area (Å²) in [5.74, 6) is 0.974. The van der Waals surface area contributed by atoms with E-state index in [1.165, 1.54) is 21.5 Å². The Hall–Kier alpha value is -2.47. The van der Waals surface area contributed by atoms with E-state index in [2.05, 4.69) is 10.2 Å². The quantitative estimate of drug-likeness (QED) is 0.474. The zero-order valence-electron chi connectivity index (χ0n) is 17.5. The SMILES string of the molecule is Cn1c(SCC(=O)N2CCN(S(=O)(=O)/C=C/c3ccccc3)CC2)nnc1-c1cccs1. The second kappa shape index (κ2) is 9.99. The molecule has 0 atom stereocenters. The molecule has 1 aliphatic heterocycles. The van der Waals surface area contributed by atoms with E-state index < -0.39 is 10.0 Å². The third-order valence-corrected chi connectivity index (χ3v) is 8.52. The van der Waals surface area contributed by atoms with Crippen molar-refractivity contribution >= 4 is 45.1 Å². The van der Waals surface area contributed by atoms with Gasteiger partial charge in [0.2, 0.25) is 15.9 Å². The van der Waals surface area contributed by atoms with Gasteiger partial charge in [0.25, 0.3) is 0 Å². The molecule has 3 aromatic rings. The van der Waals surface area contributed by atoms with Crippen molar-refractivity contribution in [3.8, 4) is 10.7 Å². The lowest BCUT2D eigenvalue weighted by molar-refractivity contribution is -0.129. The van der Waals surface area contributed by atoms with E-state index in [1.54, 1.807) is 22.3 Å². The molecule has 4 rings (SSSR count). The fourth-order valence-electron chi connectivity index (χ4n) is 3.29. The van der Waals surface area contributed by atoms with Crippen molar-refractivity contribution in [2.75, 3.05) is 31.9 Å². The Balaban J connectivity index is 1.29. The van der Waals surface area contributed by atoms with Gasteiger partial charge in [-0.25, -0.2) is 8.42 Å². The Labute approximate surface area is 195 Å². The molecule has 32 heavy (non-hydrogen) atoms. The van der Waals surface area contributed by atoms with Crippen LogP contribution in [0.4, 0.5) is 0 Å². The Bertz CT molecular complexity index is 1180. The fourth-order valence-corrected chi connectivity index (χ4v) is 6.02. The van der Waals surface area contributed by atoms with Crippen LogP contribution in [0, 0.1) is 0 Å². The van der Waals surface area contributed by atoms with Gasteiger partial charge in [-0.2, -0.15) is 4.31 Å². The van der Waals surface area contributed by atoms with Crippen LogP contribution in [0.25, 0.3) is 16.8 Å². The predicted molar refractivity (Wildman–Crippen MR) is 128 cm³/mol. The van der Waals surface area contributed by atoms with Crippen molar-refractivity contribution in [3.63, 3.8) is 0 Å². The molecule has 1 aliphatic rings. The van der Waals surface area contributed by atoms with Crippen molar-refractivity contribution in [1.29, 1.82) is 0 Å². The average molecular weight is 490 g/mol. The smallest absolute Gasteiger partial charge is 0.236 e. The van der Waals surface area contributed by atoms with E-state index in [0.717, 1.165) is 16.3 Å². The van der Waals surface area contributed by atoms with Crippen molar-refractivity contribution in [2.45, 2.75) is 5.16 Å². The van der Waals surface area contributed by atoms with Gasteiger partial charge in [0.15, 0.2) is 11.0 Å². The van der Waals surface area contributed by atoms with Crippen LogP contribution < -0.4 is 0 Å². The van der Waals surface area contributed by atoms with Crippen molar-refractivity contribution in [3.05, 3.63) is 58.8 Å². The number of thiophene rings is 1. The monoisotopic (exact) mass is 489 g/mol. The summed E-state index contributed by atoms with van der Waals surface area (Å²) in [5, 5.41) is 12.3. The van der Waals surface area contributed by atoms with E-state index in [4.69, 9.17) is 0 Å². The number of thioether (sulfide) groups is 1. The molecule has 0 saturated carbocycles. The lowest BCUT2D eigenvalue weighted by Crippen LogP contribution is -2.50. The number of hydrogen-bond acceptors (Lipinski definition) is 7. The number of sulfonamides is 1. The lowest BCUT2D eigenvalue weighted by Gasteiger charge is -2.33. The molecule has 1 saturated heterocycles. The van der Waals surface area contributed by atoms with Gasteiger partial charge < -0.3 is 9.47 Å². The summed E-state index contributed by atoms with van der Waals surface area (Å²) in [6.45, 7) is 1.31. The molecule has 3 heterocycles. The molecule has 2 aromatic heterocycles. The molecule has 168 valence electrons. The van der Waals surface area contributed by atoms with Crippen LogP contribution in [0.1, 0.15) is 5.56 Å². The molecular weight excluding hydrogens is 466 g/mol. The summed E-state index contributed by atoms with van der Waals surface area (Å²) >= 11 is 2.93. The Morgan fingerprint density at radius 3 is 2.53 bits per heavy atom. The van der Waals surface area contributed by atoms with E-state index in [9.17, 15) is 13.2 Å². The topological polar surface area (TPSA) is 88.4 Å². The van der Waals surface area contributed by atoms with E-state index in [-0.39, 0.29) is 24.7 Å². The summed E-state index contributed by atoms with van der Waals surface area (Å²) in [4.78, 5) is 15.4. The van der Waals surface area contributed by atoms with E-state index >= 15 is 0 Å². The number of hydrogen-bond donors (Lipinski definition) is 0. The zero-order chi connectivity index (χ0) is 22.6. The van der Waals surface area contributed by atoms with Crippen LogP contribution in [0.2, 0.25) is 0 Å². The molecule has 0 N–H and O–H groups in total. The maximum atomic E-state index is 12.7. The highest BCUT2D eigenvalue weighted by Crippen LogP contribution is 2.26. The highest BCUT2D eigenvalue weighted by molar-refractivity contribution is 7.99. The van der Waals surface area contributed by atoms with Gasteiger partial charge in [-0.05, 0) is 23.1 Å². The van der Waals surface area contributed by atoms with Gasteiger partial charge >= 0.3 is 0 Å². The number of carbonyl (C=O) groups is 1. The summed E-state index contributed by atoms with van der Waals surface area (Å²) < 4.78 is 28.5. The molecule has 0 radical (unpaired) electrons. The molecule has 1 aromatic carbocycles. The summed E-state index contributed by atoms with van der Waals surface area (Å²) in [6.07, 6.45) is 1.59. The summed E-state index contributed by atoms with van der Waals surface area (Å²) in [5.41, 5.74) is 0.827. The molecular formula is C21H23N5O3S3. The first kappa shape index (κ1) is 22.7. The molecule has 0 unspecified atom stereocenters. The third kappa shape index (κ3) is 5.29. The average Bonchev–Trinajstić information content (AvgIpc) is 3.47. The first-order chi connectivity index (χ1) is 15.4. The van der Waals surface area contributed by atoms with E-state index in [0.29, 0.717) is 18.2 Å². The van der Waals surface area contributed by atoms with Gasteiger partial charge in [-0.15, -0.1) is 21.5 Å². The summed E-state index contributed by atoms with van der Waals surface area (Å²) in [6, 6.07) is 13.2. The largest absolute Gasteiger partial charge is 0.339 e. The van der Waals surface area contributed by atoms with Crippen molar-refractivity contribution < 1.29 is 13.2 Å². The number of nitrogens with zero attached hydrogens (tertiary/aromatic N) is 5. The minimum Gasteiger partial charge on any atom is -0.339 e. The first-order valence-electron chi connectivity index (χ1n) is 10.0. The first-order valence-corrected chi connectivity index (χ1v) is 13.4. The Morgan fingerprint density at radius 1 is 1.09 bits per heavy atom. The highest BCUT2D eigenvalue weighted by atomic mass is 32.2. The number of benzene rings is 1. The second-order valence-electron chi connectivity index (χ2n) is 7.17. The maximum Gasteiger partial charge on any atom is 0.236 e. The predicted octanol–water partition coefficient (Wildman–Crippen LogP) is 2.78. The minimum atomic E-state index is -3.52. The normalized spacial score (nSPS) is 15.5. The van der Waals surface area contributed by atoms with Gasteiger partial charge in [-0.3, -0.25) is 4.79 Å². The van der Waals surface area contributed by atoms with Gasteiger partial charge in [0.1, 0.15) is 0 Å². The van der Waals surface area contributed by atoms with Crippen LogP contribution in [-0.4, -0.2) is 70.2 Å². The number of amides is 1.